The Morgan fingerprint density at radius 3 is 2.74 bits per heavy atom. The molecule has 0 radical (unpaired) electrons. The molecule has 0 aliphatic carbocycles. The highest BCUT2D eigenvalue weighted by atomic mass is 127. The van der Waals surface area contributed by atoms with Gasteiger partial charge in [0.2, 0.25) is 0 Å². The van der Waals surface area contributed by atoms with Gasteiger partial charge >= 0.3 is 9.81 Å². The molecule has 0 spiro atoms. The van der Waals surface area contributed by atoms with Gasteiger partial charge in [-0.1, -0.05) is 6.07 Å². The van der Waals surface area contributed by atoms with Gasteiger partial charge in [0.25, 0.3) is 11.9 Å². The number of aliphatic hydroxyl groups is 1. The lowest BCUT2D eigenvalue weighted by molar-refractivity contribution is -0.0692. The summed E-state index contributed by atoms with van der Waals surface area (Å²) in [6.45, 7) is 0.234. The van der Waals surface area contributed by atoms with Crippen molar-refractivity contribution in [2.75, 3.05) is 23.4 Å². The van der Waals surface area contributed by atoms with E-state index in [9.17, 15) is 23.5 Å². The Labute approximate surface area is 210 Å². The highest BCUT2D eigenvalue weighted by molar-refractivity contribution is 14.1. The Morgan fingerprint density at radius 1 is 1.29 bits per heavy atom. The average Bonchev–Trinajstić information content (AvgIpc) is 3.40. The smallest absolute Gasteiger partial charge is 0.451 e. The summed E-state index contributed by atoms with van der Waals surface area (Å²) in [6, 6.07) is 5.78. The zero-order valence-corrected chi connectivity index (χ0v) is 20.9. The first kappa shape index (κ1) is 24.7. The summed E-state index contributed by atoms with van der Waals surface area (Å²) in [7, 11) is 1.53. The molecule has 34 heavy (non-hydrogen) atoms. The molecule has 0 saturated carbocycles. The fourth-order valence-electron chi connectivity index (χ4n) is 3.66. The lowest BCUT2D eigenvalue weighted by atomic mass is 10.3. The van der Waals surface area contributed by atoms with Crippen LogP contribution in [0.4, 0.5) is 20.3 Å². The third kappa shape index (κ3) is 5.27. The number of rotatable bonds is 9. The fraction of sp³-hybridized carbons (Fsp3) is 0.400. The monoisotopic (exact) mass is 609 g/mol. The van der Waals surface area contributed by atoms with Crippen molar-refractivity contribution in [1.29, 1.82) is 0 Å². The maximum Gasteiger partial charge on any atom is 0.451 e. The Kier molecular flexibility index (Phi) is 7.28. The molecular formula is C20H22F2IN5O5S. The number of benzene rings is 1. The molecule has 2 aliphatic heterocycles. The molecule has 1 aromatic carbocycles. The number of nitrogens with zero attached hydrogens (tertiary/aromatic N) is 3. The Hall–Kier alpha value is -2.46. The largest absolute Gasteiger partial charge is 0.452 e. The summed E-state index contributed by atoms with van der Waals surface area (Å²) in [5.74, 6) is 0.418. The Balaban J connectivity index is 1.69. The van der Waals surface area contributed by atoms with Gasteiger partial charge < -0.3 is 30.1 Å². The van der Waals surface area contributed by atoms with Crippen molar-refractivity contribution in [3.63, 3.8) is 0 Å². The zero-order chi connectivity index (χ0) is 24.5. The molecule has 4 rings (SSSR count). The van der Waals surface area contributed by atoms with Gasteiger partial charge in [-0.15, -0.1) is 11.8 Å². The number of alkyl halides is 3. The second kappa shape index (κ2) is 10.0. The van der Waals surface area contributed by atoms with Crippen LogP contribution in [-0.4, -0.2) is 43.2 Å². The molecule has 1 aromatic heterocycles. The van der Waals surface area contributed by atoms with E-state index in [1.54, 1.807) is 17.2 Å². The van der Waals surface area contributed by atoms with Crippen LogP contribution in [0, 0.1) is 0 Å². The molecule has 2 aliphatic rings. The number of hydrogen-bond donors (Lipinski definition) is 3. The van der Waals surface area contributed by atoms with Crippen LogP contribution < -0.4 is 36.3 Å². The molecule has 3 N–H and O–H groups in total. The number of anilines is 2. The topological polar surface area (TPSA) is 110 Å². The second-order valence-electron chi connectivity index (χ2n) is 7.46. The fourth-order valence-corrected chi connectivity index (χ4v) is 4.67. The minimum atomic E-state index is -3.39. The minimum Gasteiger partial charge on any atom is -0.452 e. The van der Waals surface area contributed by atoms with Crippen molar-refractivity contribution in [3.05, 3.63) is 56.7 Å². The van der Waals surface area contributed by atoms with Crippen molar-refractivity contribution in [1.82, 2.24) is 14.5 Å². The van der Waals surface area contributed by atoms with Gasteiger partial charge in [-0.3, -0.25) is 13.9 Å². The molecule has 2 atom stereocenters. The summed E-state index contributed by atoms with van der Waals surface area (Å²) < 4.78 is 36.2. The zero-order valence-electron chi connectivity index (χ0n) is 17.9. The molecule has 184 valence electrons. The van der Waals surface area contributed by atoms with Crippen molar-refractivity contribution < 1.29 is 23.4 Å². The highest BCUT2D eigenvalue weighted by Gasteiger charge is 2.38. The van der Waals surface area contributed by atoms with Gasteiger partial charge in [0.05, 0.1) is 34.5 Å². The molecule has 0 saturated heterocycles. The quantitative estimate of drug-likeness (QED) is 0.291. The molecular weight excluding hydrogens is 587 g/mol. The van der Waals surface area contributed by atoms with Crippen LogP contribution >= 0.6 is 34.4 Å². The third-order valence-corrected chi connectivity index (χ3v) is 6.27. The molecule has 10 nitrogen and oxygen atoms in total. The number of halogens is 3. The lowest BCUT2D eigenvalue weighted by Crippen LogP contribution is -2.47. The van der Waals surface area contributed by atoms with E-state index in [2.05, 4.69) is 15.4 Å². The van der Waals surface area contributed by atoms with E-state index in [0.29, 0.717) is 6.54 Å². The van der Waals surface area contributed by atoms with Crippen molar-refractivity contribution in [2.45, 2.75) is 28.8 Å². The predicted molar refractivity (Wildman–Crippen MR) is 133 cm³/mol. The van der Waals surface area contributed by atoms with E-state index in [4.69, 9.17) is 4.74 Å². The van der Waals surface area contributed by atoms with Crippen LogP contribution in [0.15, 0.2) is 45.5 Å². The summed E-state index contributed by atoms with van der Waals surface area (Å²) >= 11 is 2.40. The molecule has 2 unspecified atom stereocenters. The molecule has 2 aromatic rings. The van der Waals surface area contributed by atoms with Crippen LogP contribution in [-0.2, 0) is 13.6 Å². The van der Waals surface area contributed by atoms with E-state index in [1.807, 2.05) is 5.41 Å². The maximum atomic E-state index is 13.3. The average molecular weight is 609 g/mol. The highest BCUT2D eigenvalue weighted by Crippen LogP contribution is 2.34. The number of nitrogens with one attached hydrogen (secondary N) is 2. The van der Waals surface area contributed by atoms with Crippen LogP contribution in [0.3, 0.4) is 0 Å². The summed E-state index contributed by atoms with van der Waals surface area (Å²) in [5.41, 5.74) is -0.798. The minimum absolute atomic E-state index is 0.0660. The first-order valence-electron chi connectivity index (χ1n) is 10.2. The van der Waals surface area contributed by atoms with Gasteiger partial charge in [0, 0.05) is 32.5 Å². The molecule has 14 heteroatoms. The number of thioether (sulfide) groups is 1. The van der Waals surface area contributed by atoms with Crippen molar-refractivity contribution >= 4 is 45.9 Å². The van der Waals surface area contributed by atoms with Gasteiger partial charge in [-0.2, -0.15) is 8.78 Å². The standard InChI is InChI=1S/C20H22F2IN5O5S/c1-26-16-15(17(30)27(19(26)31)7-3-8-29)28(11-14-24-6-9-34-14)18(25-16)32-12-4-2-5-13(10-12)33-20(21,22)23/h2,4-6,9-10,14,18,24-25,29H,3,7-8,11H2,1H3. The number of hydrogen-bond acceptors (Lipinski definition) is 9. The third-order valence-electron chi connectivity index (χ3n) is 5.14. The normalized spacial score (nSPS) is 19.0. The number of fused-ring (bicyclic) bond motifs is 1. The first-order chi connectivity index (χ1) is 16.2. The van der Waals surface area contributed by atoms with E-state index in [-0.39, 0.29) is 48.0 Å². The van der Waals surface area contributed by atoms with Crippen LogP contribution in [0.1, 0.15) is 6.42 Å². The van der Waals surface area contributed by atoms with Crippen LogP contribution in [0.5, 0.6) is 11.5 Å². The second-order valence-corrected chi connectivity index (χ2v) is 9.83. The van der Waals surface area contributed by atoms with E-state index < -0.39 is 21.7 Å². The van der Waals surface area contributed by atoms with Crippen molar-refractivity contribution in [3.8, 4) is 11.5 Å². The maximum absolute atomic E-state index is 13.3. The first-order valence-corrected chi connectivity index (χ1v) is 12.3. The van der Waals surface area contributed by atoms with E-state index in [1.165, 1.54) is 41.6 Å². The number of ether oxygens (including phenoxy) is 2. The number of aromatic nitrogens is 2. The molecule has 0 amide bonds. The van der Waals surface area contributed by atoms with Gasteiger partial charge in [-0.25, -0.2) is 4.79 Å². The Bertz CT molecular complexity index is 1190. The van der Waals surface area contributed by atoms with Crippen LogP contribution in [0.25, 0.3) is 0 Å². The summed E-state index contributed by atoms with van der Waals surface area (Å²) in [6.07, 6.45) is 1.14. The Morgan fingerprint density at radius 2 is 2.06 bits per heavy atom. The van der Waals surface area contributed by atoms with Gasteiger partial charge in [-0.05, 0) is 24.0 Å². The summed E-state index contributed by atoms with van der Waals surface area (Å²) in [4.78, 5) is 27.8. The molecule has 3 heterocycles. The SMILES string of the molecule is Cn1c2c(c(=O)n(CCCO)c1=O)N(CC1NC=CS1)C(Oc1cccc(OC(F)(F)I)c1)N2. The van der Waals surface area contributed by atoms with E-state index >= 15 is 0 Å². The van der Waals surface area contributed by atoms with Gasteiger partial charge in [0.15, 0.2) is 0 Å². The van der Waals surface area contributed by atoms with Crippen LogP contribution in [0.2, 0.25) is 0 Å². The van der Waals surface area contributed by atoms with E-state index in [0.717, 1.165) is 27.2 Å². The summed E-state index contributed by atoms with van der Waals surface area (Å²) in [5, 5.41) is 17.2. The van der Waals surface area contributed by atoms with Gasteiger partial charge in [0.1, 0.15) is 23.0 Å². The molecule has 0 fully saturated rings. The predicted octanol–water partition coefficient (Wildman–Crippen LogP) is 2.02. The van der Waals surface area contributed by atoms with Crippen molar-refractivity contribution in [2.24, 2.45) is 7.05 Å². The number of aliphatic hydroxyl groups excluding tert-OH is 1. The molecule has 0 bridgehead atoms. The lowest BCUT2D eigenvalue weighted by Gasteiger charge is -2.28.